The topological polar surface area (TPSA) is 42.0 Å². The van der Waals surface area contributed by atoms with Gasteiger partial charge in [-0.2, -0.15) is 0 Å². The number of hydrogen-bond acceptors (Lipinski definition) is 4. The summed E-state index contributed by atoms with van der Waals surface area (Å²) >= 11 is 0. The van der Waals surface area contributed by atoms with E-state index in [0.717, 1.165) is 49.7 Å². The molecule has 5 rings (SSSR count). The Kier molecular flexibility index (Phi) is 5.15. The summed E-state index contributed by atoms with van der Waals surface area (Å²) < 4.78 is 11.4. The second-order valence-electron chi connectivity index (χ2n) is 8.20. The second kappa shape index (κ2) is 8.07. The van der Waals surface area contributed by atoms with Gasteiger partial charge in [0.25, 0.3) is 0 Å². The summed E-state index contributed by atoms with van der Waals surface area (Å²) in [7, 11) is 0. The van der Waals surface area contributed by atoms with Crippen molar-refractivity contribution in [3.05, 3.63) is 53.6 Å². The maximum Gasteiger partial charge on any atom is 0.226 e. The van der Waals surface area contributed by atoms with Gasteiger partial charge < -0.3 is 14.4 Å². The van der Waals surface area contributed by atoms with Gasteiger partial charge in [0.15, 0.2) is 11.5 Å². The number of carbonyl (C=O) groups excluding carboxylic acids is 1. The highest BCUT2D eigenvalue weighted by Gasteiger charge is 2.27. The molecule has 29 heavy (non-hydrogen) atoms. The van der Waals surface area contributed by atoms with Crippen LogP contribution in [0.5, 0.6) is 11.5 Å². The molecule has 0 aliphatic carbocycles. The minimum absolute atomic E-state index is 0.252. The molecule has 2 fully saturated rings. The highest BCUT2D eigenvalue weighted by atomic mass is 16.6. The van der Waals surface area contributed by atoms with Gasteiger partial charge >= 0.3 is 0 Å². The highest BCUT2D eigenvalue weighted by Crippen LogP contribution is 2.38. The van der Waals surface area contributed by atoms with E-state index in [1.807, 2.05) is 11.0 Å². The first-order chi connectivity index (χ1) is 14.3. The van der Waals surface area contributed by atoms with Crippen LogP contribution in [0.4, 0.5) is 5.69 Å². The molecular formula is C24H28N2O3. The molecule has 0 bridgehead atoms. The Bertz CT molecular complexity index is 880. The van der Waals surface area contributed by atoms with Gasteiger partial charge in [0.1, 0.15) is 13.2 Å². The molecule has 152 valence electrons. The summed E-state index contributed by atoms with van der Waals surface area (Å²) in [6, 6.07) is 15.4. The Labute approximate surface area is 172 Å². The van der Waals surface area contributed by atoms with Gasteiger partial charge in [-0.15, -0.1) is 0 Å². The molecule has 0 saturated carbocycles. The van der Waals surface area contributed by atoms with Crippen LogP contribution in [-0.2, 0) is 11.3 Å². The molecule has 3 aliphatic rings. The molecule has 2 aromatic carbocycles. The average molecular weight is 392 g/mol. The zero-order valence-corrected chi connectivity index (χ0v) is 16.8. The van der Waals surface area contributed by atoms with E-state index in [2.05, 4.69) is 41.3 Å². The zero-order chi connectivity index (χ0) is 19.6. The van der Waals surface area contributed by atoms with Gasteiger partial charge in [-0.25, -0.2) is 0 Å². The van der Waals surface area contributed by atoms with Crippen molar-refractivity contribution >= 4 is 11.6 Å². The van der Waals surface area contributed by atoms with Crippen molar-refractivity contribution in [2.24, 2.45) is 0 Å². The maximum atomic E-state index is 12.2. The Balaban J connectivity index is 1.29. The lowest BCUT2D eigenvalue weighted by molar-refractivity contribution is -0.119. The van der Waals surface area contributed by atoms with Gasteiger partial charge in [-0.1, -0.05) is 18.2 Å². The van der Waals surface area contributed by atoms with Gasteiger partial charge in [-0.05, 0) is 67.6 Å². The standard InChI is InChI=1S/C24H28N2O3/c27-24-5-1-2-13-26(24)20-9-6-18(7-10-20)17-25-12-3-4-21(25)19-8-11-22-23(16-19)29-15-14-28-22/h6-11,16,21H,1-5,12-15,17H2. The first kappa shape index (κ1) is 18.5. The number of piperidine rings is 1. The Morgan fingerprint density at radius 2 is 1.72 bits per heavy atom. The van der Waals surface area contributed by atoms with E-state index in [4.69, 9.17) is 9.47 Å². The molecule has 1 amide bonds. The molecule has 3 heterocycles. The minimum atomic E-state index is 0.252. The van der Waals surface area contributed by atoms with Gasteiger partial charge in [0.05, 0.1) is 0 Å². The minimum Gasteiger partial charge on any atom is -0.486 e. The van der Waals surface area contributed by atoms with Gasteiger partial charge in [-0.3, -0.25) is 9.69 Å². The molecule has 2 saturated heterocycles. The number of fused-ring (bicyclic) bond motifs is 1. The number of nitrogens with zero attached hydrogens (tertiary/aromatic N) is 2. The van der Waals surface area contributed by atoms with Crippen LogP contribution in [0, 0.1) is 0 Å². The third-order valence-corrected chi connectivity index (χ3v) is 6.27. The lowest BCUT2D eigenvalue weighted by atomic mass is 10.0. The molecule has 5 heteroatoms. The van der Waals surface area contributed by atoms with E-state index in [0.29, 0.717) is 25.7 Å². The summed E-state index contributed by atoms with van der Waals surface area (Å²) in [5.74, 6) is 1.98. The van der Waals surface area contributed by atoms with E-state index in [9.17, 15) is 4.79 Å². The largest absolute Gasteiger partial charge is 0.486 e. The SMILES string of the molecule is O=C1CCCCN1c1ccc(CN2CCCC2c2ccc3c(c2)OCCO3)cc1. The lowest BCUT2D eigenvalue weighted by Crippen LogP contribution is -2.35. The van der Waals surface area contributed by atoms with Crippen LogP contribution in [0.15, 0.2) is 42.5 Å². The number of rotatable bonds is 4. The van der Waals surface area contributed by atoms with E-state index in [1.165, 1.54) is 24.0 Å². The summed E-state index contributed by atoms with van der Waals surface area (Å²) in [5.41, 5.74) is 3.63. The maximum absolute atomic E-state index is 12.2. The van der Waals surface area contributed by atoms with E-state index >= 15 is 0 Å². The molecule has 3 aliphatic heterocycles. The van der Waals surface area contributed by atoms with Gasteiger partial charge in [0, 0.05) is 31.2 Å². The second-order valence-corrected chi connectivity index (χ2v) is 8.20. The number of benzene rings is 2. The van der Waals surface area contributed by atoms with E-state index in [1.54, 1.807) is 0 Å². The number of ether oxygens (including phenoxy) is 2. The Hall–Kier alpha value is -2.53. The Morgan fingerprint density at radius 3 is 2.55 bits per heavy atom. The van der Waals surface area contributed by atoms with Gasteiger partial charge in [0.2, 0.25) is 5.91 Å². The first-order valence-corrected chi connectivity index (χ1v) is 10.8. The smallest absolute Gasteiger partial charge is 0.226 e. The predicted molar refractivity (Wildman–Crippen MR) is 112 cm³/mol. The number of hydrogen-bond donors (Lipinski definition) is 0. The fourth-order valence-corrected chi connectivity index (χ4v) is 4.75. The molecule has 0 aromatic heterocycles. The van der Waals surface area contributed by atoms with E-state index < -0.39 is 0 Å². The summed E-state index contributed by atoms with van der Waals surface area (Å²) in [6.45, 7) is 4.12. The van der Waals surface area contributed by atoms with Crippen molar-refractivity contribution in [1.82, 2.24) is 4.90 Å². The quantitative estimate of drug-likeness (QED) is 0.778. The highest BCUT2D eigenvalue weighted by molar-refractivity contribution is 5.93. The monoisotopic (exact) mass is 392 g/mol. The average Bonchev–Trinajstić information content (AvgIpc) is 3.22. The normalized spacial score (nSPS) is 22.1. The molecule has 2 aromatic rings. The zero-order valence-electron chi connectivity index (χ0n) is 16.8. The molecule has 0 spiro atoms. The van der Waals surface area contributed by atoms with Crippen LogP contribution in [0.3, 0.4) is 0 Å². The number of carbonyl (C=O) groups is 1. The Morgan fingerprint density at radius 1 is 0.897 bits per heavy atom. The molecule has 1 atom stereocenters. The molecule has 1 unspecified atom stereocenters. The molecule has 5 nitrogen and oxygen atoms in total. The van der Waals surface area contributed by atoms with E-state index in [-0.39, 0.29) is 5.91 Å². The fraction of sp³-hybridized carbons (Fsp3) is 0.458. The summed E-state index contributed by atoms with van der Waals surface area (Å²) in [5, 5.41) is 0. The molecule has 0 radical (unpaired) electrons. The van der Waals surface area contributed by atoms with Crippen molar-refractivity contribution in [2.75, 3.05) is 31.2 Å². The fourth-order valence-electron chi connectivity index (χ4n) is 4.75. The van der Waals surface area contributed by atoms with Crippen LogP contribution in [0.2, 0.25) is 0 Å². The van der Waals surface area contributed by atoms with Crippen LogP contribution >= 0.6 is 0 Å². The van der Waals surface area contributed by atoms with Crippen LogP contribution < -0.4 is 14.4 Å². The molecule has 0 N–H and O–H groups in total. The number of amides is 1. The number of anilines is 1. The summed E-state index contributed by atoms with van der Waals surface area (Å²) in [4.78, 5) is 16.6. The van der Waals surface area contributed by atoms with Crippen LogP contribution in [0.1, 0.15) is 49.3 Å². The third kappa shape index (κ3) is 3.84. The molecular weight excluding hydrogens is 364 g/mol. The number of likely N-dealkylation sites (tertiary alicyclic amines) is 1. The predicted octanol–water partition coefficient (Wildman–Crippen LogP) is 4.31. The third-order valence-electron chi connectivity index (χ3n) is 6.27. The summed E-state index contributed by atoms with van der Waals surface area (Å²) in [6.07, 6.45) is 5.16. The van der Waals surface area contributed by atoms with Crippen molar-refractivity contribution < 1.29 is 14.3 Å². The lowest BCUT2D eigenvalue weighted by Gasteiger charge is -2.28. The van der Waals surface area contributed by atoms with Crippen molar-refractivity contribution in [3.63, 3.8) is 0 Å². The van der Waals surface area contributed by atoms with Crippen molar-refractivity contribution in [3.8, 4) is 11.5 Å². The first-order valence-electron chi connectivity index (χ1n) is 10.8. The van der Waals surface area contributed by atoms with Crippen molar-refractivity contribution in [2.45, 2.75) is 44.7 Å². The van der Waals surface area contributed by atoms with Crippen LogP contribution in [-0.4, -0.2) is 37.1 Å². The van der Waals surface area contributed by atoms with Crippen molar-refractivity contribution in [1.29, 1.82) is 0 Å². The van der Waals surface area contributed by atoms with Crippen LogP contribution in [0.25, 0.3) is 0 Å².